The molecule has 0 aliphatic carbocycles. The highest BCUT2D eigenvalue weighted by molar-refractivity contribution is 6.30. The predicted octanol–water partition coefficient (Wildman–Crippen LogP) is 4.25. The van der Waals surface area contributed by atoms with Crippen molar-refractivity contribution in [3.05, 3.63) is 70.5 Å². The van der Waals surface area contributed by atoms with Crippen LogP contribution in [0.15, 0.2) is 48.5 Å². The molecule has 1 fully saturated rings. The third kappa shape index (κ3) is 4.76. The van der Waals surface area contributed by atoms with Gasteiger partial charge in [0.25, 0.3) is 0 Å². The van der Waals surface area contributed by atoms with Gasteiger partial charge in [-0.05, 0) is 35.7 Å². The number of benzene rings is 2. The lowest BCUT2D eigenvalue weighted by Gasteiger charge is -2.38. The molecule has 0 aromatic heterocycles. The zero-order valence-electron chi connectivity index (χ0n) is 14.6. The Morgan fingerprint density at radius 1 is 1.31 bits per heavy atom. The summed E-state index contributed by atoms with van der Waals surface area (Å²) in [6.07, 6.45) is 0.400. The highest BCUT2D eigenvalue weighted by Gasteiger charge is 2.31. The summed E-state index contributed by atoms with van der Waals surface area (Å²) in [5.74, 6) is -0.486. The summed E-state index contributed by atoms with van der Waals surface area (Å²) >= 11 is 6.11. The smallest absolute Gasteiger partial charge is 0.226 e. The molecule has 3 rings (SSSR count). The number of nitrogens with zero attached hydrogens (tertiary/aromatic N) is 1. The Kier molecular flexibility index (Phi) is 7.44. The van der Waals surface area contributed by atoms with Crippen molar-refractivity contribution in [2.45, 2.75) is 19.4 Å². The van der Waals surface area contributed by atoms with Gasteiger partial charge in [-0.15, -0.1) is 12.4 Å². The fraction of sp³-hybridized carbons (Fsp3) is 0.350. The molecule has 0 bridgehead atoms. The number of carbonyl (C=O) groups excluding carboxylic acids is 1. The average molecular weight is 397 g/mol. The maximum absolute atomic E-state index is 13.9. The second-order valence-corrected chi connectivity index (χ2v) is 6.94. The Hall–Kier alpha value is -1.62. The molecule has 0 radical (unpaired) electrons. The second-order valence-electron chi connectivity index (χ2n) is 6.50. The van der Waals surface area contributed by atoms with E-state index in [1.807, 2.05) is 36.1 Å². The first-order valence-electron chi connectivity index (χ1n) is 8.56. The second kappa shape index (κ2) is 9.36. The Labute approximate surface area is 164 Å². The van der Waals surface area contributed by atoms with E-state index in [1.54, 1.807) is 18.2 Å². The van der Waals surface area contributed by atoms with Crippen LogP contribution in [0, 0.1) is 11.7 Å². The fourth-order valence-corrected chi connectivity index (χ4v) is 3.54. The van der Waals surface area contributed by atoms with Gasteiger partial charge in [-0.1, -0.05) is 48.9 Å². The molecule has 26 heavy (non-hydrogen) atoms. The van der Waals surface area contributed by atoms with Crippen LogP contribution in [-0.2, 0) is 11.2 Å². The monoisotopic (exact) mass is 396 g/mol. The fourth-order valence-electron chi connectivity index (χ4n) is 3.34. The van der Waals surface area contributed by atoms with E-state index < -0.39 is 0 Å². The van der Waals surface area contributed by atoms with Gasteiger partial charge < -0.3 is 10.2 Å². The van der Waals surface area contributed by atoms with Gasteiger partial charge in [0.15, 0.2) is 0 Å². The van der Waals surface area contributed by atoms with Gasteiger partial charge >= 0.3 is 0 Å². The van der Waals surface area contributed by atoms with Crippen LogP contribution < -0.4 is 5.32 Å². The summed E-state index contributed by atoms with van der Waals surface area (Å²) in [5.41, 5.74) is 1.60. The maximum atomic E-state index is 13.9. The van der Waals surface area contributed by atoms with Gasteiger partial charge in [-0.3, -0.25) is 4.79 Å². The normalized spacial score (nSPS) is 18.1. The van der Waals surface area contributed by atoms with Crippen molar-refractivity contribution in [1.29, 1.82) is 0 Å². The van der Waals surface area contributed by atoms with Crippen LogP contribution in [-0.4, -0.2) is 30.4 Å². The lowest BCUT2D eigenvalue weighted by molar-refractivity contribution is -0.138. The number of nitrogens with one attached hydrogen (secondary N) is 1. The molecule has 1 heterocycles. The van der Waals surface area contributed by atoms with Crippen molar-refractivity contribution in [2.75, 3.05) is 19.6 Å². The average Bonchev–Trinajstić information content (AvgIpc) is 2.63. The molecule has 1 N–H and O–H groups in total. The van der Waals surface area contributed by atoms with E-state index in [2.05, 4.69) is 5.32 Å². The summed E-state index contributed by atoms with van der Waals surface area (Å²) < 4.78 is 13.9. The molecule has 0 saturated carbocycles. The number of hydrogen-bond acceptors (Lipinski definition) is 2. The van der Waals surface area contributed by atoms with Gasteiger partial charge in [0.05, 0.1) is 6.04 Å². The number of piperazine rings is 1. The first-order chi connectivity index (χ1) is 12.1. The van der Waals surface area contributed by atoms with Crippen molar-refractivity contribution < 1.29 is 9.18 Å². The summed E-state index contributed by atoms with van der Waals surface area (Å²) in [6.45, 7) is 3.96. The van der Waals surface area contributed by atoms with E-state index in [0.29, 0.717) is 30.1 Å². The molecule has 3 nitrogen and oxygen atoms in total. The first-order valence-corrected chi connectivity index (χ1v) is 8.94. The highest BCUT2D eigenvalue weighted by Crippen LogP contribution is 2.27. The van der Waals surface area contributed by atoms with E-state index in [4.69, 9.17) is 11.6 Å². The lowest BCUT2D eigenvalue weighted by atomic mass is 9.96. The van der Waals surface area contributed by atoms with Gasteiger partial charge in [-0.2, -0.15) is 0 Å². The van der Waals surface area contributed by atoms with Crippen LogP contribution in [0.1, 0.15) is 24.1 Å². The number of rotatable bonds is 4. The zero-order chi connectivity index (χ0) is 17.8. The molecule has 2 unspecified atom stereocenters. The zero-order valence-corrected chi connectivity index (χ0v) is 16.2. The van der Waals surface area contributed by atoms with Crippen molar-refractivity contribution in [2.24, 2.45) is 5.92 Å². The van der Waals surface area contributed by atoms with Crippen LogP contribution in [0.4, 0.5) is 4.39 Å². The van der Waals surface area contributed by atoms with E-state index in [9.17, 15) is 9.18 Å². The third-order valence-electron chi connectivity index (χ3n) is 4.67. The third-order valence-corrected chi connectivity index (χ3v) is 4.90. The number of carbonyl (C=O) groups is 1. The summed E-state index contributed by atoms with van der Waals surface area (Å²) in [5, 5.41) is 4.00. The minimum atomic E-state index is -0.281. The van der Waals surface area contributed by atoms with Crippen molar-refractivity contribution in [3.8, 4) is 0 Å². The number of amides is 1. The van der Waals surface area contributed by atoms with E-state index in [-0.39, 0.29) is 36.1 Å². The minimum Gasteiger partial charge on any atom is -0.333 e. The van der Waals surface area contributed by atoms with E-state index in [0.717, 1.165) is 12.1 Å². The van der Waals surface area contributed by atoms with Crippen molar-refractivity contribution in [1.82, 2.24) is 10.2 Å². The molecular formula is C20H23Cl2FN2O. The maximum Gasteiger partial charge on any atom is 0.226 e. The molecule has 140 valence electrons. The molecule has 6 heteroatoms. The van der Waals surface area contributed by atoms with Gasteiger partial charge in [0.2, 0.25) is 5.91 Å². The minimum absolute atomic E-state index is 0. The van der Waals surface area contributed by atoms with Gasteiger partial charge in [0, 0.05) is 30.6 Å². The quantitative estimate of drug-likeness (QED) is 0.837. The Balaban J connectivity index is 0.00000243. The Morgan fingerprint density at radius 2 is 2.08 bits per heavy atom. The molecule has 2 atom stereocenters. The molecule has 1 amide bonds. The van der Waals surface area contributed by atoms with Crippen LogP contribution in [0.2, 0.25) is 5.02 Å². The van der Waals surface area contributed by atoms with Crippen LogP contribution in [0.5, 0.6) is 0 Å². The van der Waals surface area contributed by atoms with Crippen molar-refractivity contribution >= 4 is 29.9 Å². The lowest BCUT2D eigenvalue weighted by Crippen LogP contribution is -2.50. The molecular weight excluding hydrogens is 374 g/mol. The molecule has 2 aromatic carbocycles. The van der Waals surface area contributed by atoms with Crippen LogP contribution >= 0.6 is 24.0 Å². The van der Waals surface area contributed by atoms with Gasteiger partial charge in [-0.25, -0.2) is 4.39 Å². The topological polar surface area (TPSA) is 32.3 Å². The van der Waals surface area contributed by atoms with Crippen molar-refractivity contribution in [3.63, 3.8) is 0 Å². The SMILES string of the molecule is CC(Cc1ccccc1F)C(=O)N1CCNCC1c1cccc(Cl)c1.Cl. The van der Waals surface area contributed by atoms with Crippen LogP contribution in [0.3, 0.4) is 0 Å². The molecule has 1 aliphatic heterocycles. The highest BCUT2D eigenvalue weighted by atomic mass is 35.5. The summed E-state index contributed by atoms with van der Waals surface area (Å²) in [6, 6.07) is 14.2. The predicted molar refractivity (Wildman–Crippen MR) is 105 cm³/mol. The molecule has 1 aliphatic rings. The molecule has 0 spiro atoms. The van der Waals surface area contributed by atoms with E-state index in [1.165, 1.54) is 6.07 Å². The largest absolute Gasteiger partial charge is 0.333 e. The molecule has 1 saturated heterocycles. The van der Waals surface area contributed by atoms with Crippen LogP contribution in [0.25, 0.3) is 0 Å². The summed E-state index contributed by atoms with van der Waals surface area (Å²) in [4.78, 5) is 14.9. The number of hydrogen-bond donors (Lipinski definition) is 1. The molecule has 2 aromatic rings. The Bertz CT molecular complexity index is 756. The number of halogens is 3. The first kappa shape index (κ1) is 20.7. The summed E-state index contributed by atoms with van der Waals surface area (Å²) in [7, 11) is 0. The van der Waals surface area contributed by atoms with E-state index >= 15 is 0 Å². The standard InChI is InChI=1S/C20H22ClFN2O.ClH/c1-14(11-15-5-2-3-8-18(15)22)20(25)24-10-9-23-13-19(24)16-6-4-7-17(21)12-16;/h2-8,12,14,19,23H,9-11,13H2,1H3;1H. The van der Waals surface area contributed by atoms with Gasteiger partial charge in [0.1, 0.15) is 5.82 Å². The Morgan fingerprint density at radius 3 is 2.81 bits per heavy atom.